The van der Waals surface area contributed by atoms with Crippen molar-refractivity contribution in [1.29, 1.82) is 0 Å². The second-order valence-corrected chi connectivity index (χ2v) is 7.01. The highest BCUT2D eigenvalue weighted by molar-refractivity contribution is 6.34. The molecule has 0 aromatic heterocycles. The fourth-order valence-corrected chi connectivity index (χ4v) is 3.04. The van der Waals surface area contributed by atoms with Crippen LogP contribution in [0.3, 0.4) is 0 Å². The maximum absolute atomic E-state index is 14.0. The predicted octanol–water partition coefficient (Wildman–Crippen LogP) is 6.99. The van der Waals surface area contributed by atoms with Gasteiger partial charge in [0.05, 0.1) is 23.7 Å². The average molecular weight is 424 g/mol. The molecule has 0 fully saturated rings. The van der Waals surface area contributed by atoms with Crippen LogP contribution in [0, 0.1) is 5.92 Å². The fraction of sp³-hybridized carbons (Fsp3) is 0.667. The Balaban J connectivity index is 0.00000352. The Morgan fingerprint density at radius 3 is 2.36 bits per heavy atom. The van der Waals surface area contributed by atoms with E-state index in [9.17, 15) is 18.0 Å². The Morgan fingerprint density at radius 2 is 1.86 bits per heavy atom. The van der Waals surface area contributed by atoms with E-state index >= 15 is 0 Å². The van der Waals surface area contributed by atoms with E-state index in [-0.39, 0.29) is 34.6 Å². The molecule has 0 aliphatic carbocycles. The average Bonchev–Trinajstić information content (AvgIpc) is 2.62. The number of rotatable bonds is 11. The minimum atomic E-state index is -3.34. The lowest BCUT2D eigenvalue weighted by molar-refractivity contribution is -0.181. The molecule has 0 N–H and O–H groups in total. The number of amides is 1. The summed E-state index contributed by atoms with van der Waals surface area (Å²) in [5.41, 5.74) is 0.223. The third-order valence-corrected chi connectivity index (χ3v) is 4.45. The standard InChI is InChI=1S/C19H27ClF3NO2.C2H6/c1-4-6-14(10-12-21)7-5-11-19(22,23)26-15-8-9-16(17(20)13-15)18(25)24(2)3;1-2/h8-9,13-14H,4-7,10-12H2,1-3H3;1-2H3. The summed E-state index contributed by atoms with van der Waals surface area (Å²) in [5.74, 6) is -0.279. The molecular formula is C21H33ClF3NO2. The minimum Gasteiger partial charge on any atom is -0.433 e. The summed E-state index contributed by atoms with van der Waals surface area (Å²) in [6.45, 7) is 5.57. The number of hydrogen-bond donors (Lipinski definition) is 0. The molecule has 28 heavy (non-hydrogen) atoms. The zero-order valence-electron chi connectivity index (χ0n) is 17.5. The summed E-state index contributed by atoms with van der Waals surface area (Å²) in [6, 6.07) is 3.89. The Labute approximate surface area is 172 Å². The van der Waals surface area contributed by atoms with Crippen LogP contribution in [-0.4, -0.2) is 37.7 Å². The van der Waals surface area contributed by atoms with Gasteiger partial charge in [0.25, 0.3) is 5.91 Å². The molecule has 0 radical (unpaired) electrons. The number of alkyl halides is 3. The van der Waals surface area contributed by atoms with Crippen LogP contribution in [0.5, 0.6) is 5.75 Å². The lowest BCUT2D eigenvalue weighted by Crippen LogP contribution is -2.25. The van der Waals surface area contributed by atoms with E-state index in [1.807, 2.05) is 20.8 Å². The third-order valence-electron chi connectivity index (χ3n) is 4.14. The van der Waals surface area contributed by atoms with Gasteiger partial charge in [0.2, 0.25) is 0 Å². The summed E-state index contributed by atoms with van der Waals surface area (Å²) < 4.78 is 45.3. The van der Waals surface area contributed by atoms with Crippen LogP contribution >= 0.6 is 11.6 Å². The summed E-state index contributed by atoms with van der Waals surface area (Å²) >= 11 is 6.00. The van der Waals surface area contributed by atoms with Gasteiger partial charge in [-0.25, -0.2) is 0 Å². The van der Waals surface area contributed by atoms with Gasteiger partial charge in [-0.15, -0.1) is 0 Å². The highest BCUT2D eigenvalue weighted by atomic mass is 35.5. The predicted molar refractivity (Wildman–Crippen MR) is 109 cm³/mol. The van der Waals surface area contributed by atoms with Gasteiger partial charge >= 0.3 is 6.11 Å². The van der Waals surface area contributed by atoms with Crippen LogP contribution in [0.4, 0.5) is 13.2 Å². The lowest BCUT2D eigenvalue weighted by atomic mass is 9.94. The van der Waals surface area contributed by atoms with E-state index in [4.69, 9.17) is 16.3 Å². The second-order valence-electron chi connectivity index (χ2n) is 6.61. The Bertz CT molecular complexity index is 577. The molecule has 1 unspecified atom stereocenters. The van der Waals surface area contributed by atoms with E-state index in [0.29, 0.717) is 12.8 Å². The van der Waals surface area contributed by atoms with Crippen molar-refractivity contribution in [2.24, 2.45) is 5.92 Å². The highest BCUT2D eigenvalue weighted by Crippen LogP contribution is 2.31. The van der Waals surface area contributed by atoms with Crippen LogP contribution in [0.25, 0.3) is 0 Å². The topological polar surface area (TPSA) is 29.5 Å². The quantitative estimate of drug-likeness (QED) is 0.384. The molecule has 1 aromatic carbocycles. The zero-order valence-corrected chi connectivity index (χ0v) is 18.3. The molecule has 1 amide bonds. The van der Waals surface area contributed by atoms with Crippen LogP contribution in [-0.2, 0) is 0 Å². The molecule has 0 bridgehead atoms. The van der Waals surface area contributed by atoms with Gasteiger partial charge in [-0.3, -0.25) is 9.18 Å². The van der Waals surface area contributed by atoms with Crippen molar-refractivity contribution in [3.05, 3.63) is 28.8 Å². The first-order valence-corrected chi connectivity index (χ1v) is 10.2. The van der Waals surface area contributed by atoms with Crippen molar-refractivity contribution in [2.45, 2.75) is 65.4 Å². The fourth-order valence-electron chi connectivity index (χ4n) is 2.79. The Kier molecular flexibility index (Phi) is 13.0. The first kappa shape index (κ1) is 26.6. The minimum absolute atomic E-state index is 0.0583. The number of hydrogen-bond acceptors (Lipinski definition) is 2. The van der Waals surface area contributed by atoms with Crippen molar-refractivity contribution in [3.8, 4) is 5.75 Å². The molecule has 1 atom stereocenters. The molecule has 1 rings (SSSR count). The number of nitrogens with zero attached hydrogens (tertiary/aromatic N) is 1. The molecule has 3 nitrogen and oxygen atoms in total. The SMILES string of the molecule is CC.CCCC(CCF)CCCC(F)(F)Oc1ccc(C(=O)N(C)C)c(Cl)c1. The van der Waals surface area contributed by atoms with Crippen molar-refractivity contribution in [3.63, 3.8) is 0 Å². The molecule has 0 heterocycles. The van der Waals surface area contributed by atoms with Gasteiger partial charge in [-0.05, 0) is 43.4 Å². The van der Waals surface area contributed by atoms with E-state index in [1.165, 1.54) is 23.1 Å². The summed E-state index contributed by atoms with van der Waals surface area (Å²) in [7, 11) is 3.15. The summed E-state index contributed by atoms with van der Waals surface area (Å²) in [4.78, 5) is 13.2. The maximum atomic E-state index is 14.0. The lowest BCUT2D eigenvalue weighted by Gasteiger charge is -2.20. The van der Waals surface area contributed by atoms with Crippen LogP contribution in [0.2, 0.25) is 5.02 Å². The van der Waals surface area contributed by atoms with Crippen molar-refractivity contribution in [2.75, 3.05) is 20.8 Å². The van der Waals surface area contributed by atoms with Gasteiger partial charge in [0, 0.05) is 14.1 Å². The second kappa shape index (κ2) is 13.7. The Morgan fingerprint density at radius 1 is 1.21 bits per heavy atom. The zero-order chi connectivity index (χ0) is 21.7. The van der Waals surface area contributed by atoms with Gasteiger partial charge in [-0.1, -0.05) is 45.2 Å². The molecule has 0 saturated heterocycles. The van der Waals surface area contributed by atoms with Crippen LogP contribution in [0.1, 0.15) is 69.7 Å². The molecule has 0 aliphatic rings. The number of carbonyl (C=O) groups excluding carboxylic acids is 1. The number of ether oxygens (including phenoxy) is 1. The monoisotopic (exact) mass is 423 g/mol. The number of halogens is 4. The van der Waals surface area contributed by atoms with Gasteiger partial charge in [0.1, 0.15) is 5.75 Å². The van der Waals surface area contributed by atoms with E-state index < -0.39 is 19.2 Å². The van der Waals surface area contributed by atoms with Gasteiger partial charge in [0.15, 0.2) is 0 Å². The highest BCUT2D eigenvalue weighted by Gasteiger charge is 2.31. The van der Waals surface area contributed by atoms with E-state index in [1.54, 1.807) is 14.1 Å². The third kappa shape index (κ3) is 9.67. The van der Waals surface area contributed by atoms with Crippen LogP contribution in [0.15, 0.2) is 18.2 Å². The van der Waals surface area contributed by atoms with Crippen LogP contribution < -0.4 is 4.74 Å². The summed E-state index contributed by atoms with van der Waals surface area (Å²) in [5, 5.41) is 0.0583. The molecule has 7 heteroatoms. The van der Waals surface area contributed by atoms with Crippen molar-refractivity contribution >= 4 is 17.5 Å². The first-order chi connectivity index (χ1) is 13.2. The Hall–Kier alpha value is -1.43. The molecule has 0 spiro atoms. The molecule has 1 aromatic rings. The smallest absolute Gasteiger partial charge is 0.397 e. The largest absolute Gasteiger partial charge is 0.433 e. The van der Waals surface area contributed by atoms with Gasteiger partial charge in [-0.2, -0.15) is 8.78 Å². The van der Waals surface area contributed by atoms with Crippen molar-refractivity contribution < 1.29 is 22.7 Å². The number of carbonyl (C=O) groups is 1. The molecule has 0 saturated carbocycles. The summed E-state index contributed by atoms with van der Waals surface area (Å²) in [6.07, 6.45) is -0.826. The maximum Gasteiger partial charge on any atom is 0.397 e. The van der Waals surface area contributed by atoms with E-state index in [0.717, 1.165) is 12.8 Å². The van der Waals surface area contributed by atoms with E-state index in [2.05, 4.69) is 0 Å². The van der Waals surface area contributed by atoms with Crippen molar-refractivity contribution in [1.82, 2.24) is 4.90 Å². The normalized spacial score (nSPS) is 12.0. The van der Waals surface area contributed by atoms with Gasteiger partial charge < -0.3 is 9.64 Å². The number of benzene rings is 1. The molecular weight excluding hydrogens is 391 g/mol. The molecule has 162 valence electrons. The first-order valence-electron chi connectivity index (χ1n) is 9.84. The molecule has 0 aliphatic heterocycles.